The fraction of sp³-hybridized carbons (Fsp3) is 0.462. The molecule has 1 aromatic carbocycles. The molecule has 0 aromatic heterocycles. The van der Waals surface area contributed by atoms with Crippen LogP contribution in [-0.2, 0) is 16.1 Å². The average molecular weight is 251 g/mol. The van der Waals surface area contributed by atoms with Crippen molar-refractivity contribution in [1.82, 2.24) is 4.90 Å². The lowest BCUT2D eigenvalue weighted by Gasteiger charge is -2.45. The van der Waals surface area contributed by atoms with Crippen LogP contribution in [0.25, 0.3) is 0 Å². The van der Waals surface area contributed by atoms with E-state index in [1.165, 1.54) is 4.90 Å². The van der Waals surface area contributed by atoms with Crippen molar-refractivity contribution in [2.75, 3.05) is 26.9 Å². The number of carbonyl (C=O) groups excluding carboxylic acids is 1. The monoisotopic (exact) mass is 251 g/mol. The van der Waals surface area contributed by atoms with Gasteiger partial charge in [0.1, 0.15) is 12.1 Å². The molecule has 0 spiro atoms. The molecule has 1 aromatic rings. The lowest BCUT2D eigenvalue weighted by molar-refractivity contribution is -0.144. The fourth-order valence-electron chi connectivity index (χ4n) is 1.74. The normalized spacial score (nSPS) is 16.8. The second-order valence-electron chi connectivity index (χ2n) is 4.47. The molecular formula is C13H17NO4. The molecule has 1 aliphatic rings. The van der Waals surface area contributed by atoms with Crippen molar-refractivity contribution >= 4 is 6.09 Å². The zero-order valence-electron chi connectivity index (χ0n) is 10.3. The zero-order valence-corrected chi connectivity index (χ0v) is 10.3. The van der Waals surface area contributed by atoms with E-state index in [9.17, 15) is 9.90 Å². The van der Waals surface area contributed by atoms with Gasteiger partial charge in [0.25, 0.3) is 0 Å². The number of ether oxygens (including phenoxy) is 2. The Bertz CT molecular complexity index is 397. The number of benzene rings is 1. The van der Waals surface area contributed by atoms with Gasteiger partial charge in [-0.25, -0.2) is 4.79 Å². The molecule has 1 aliphatic heterocycles. The maximum absolute atomic E-state index is 11.9. The first-order valence-electron chi connectivity index (χ1n) is 5.81. The third kappa shape index (κ3) is 2.47. The topological polar surface area (TPSA) is 59.0 Å². The summed E-state index contributed by atoms with van der Waals surface area (Å²) in [6, 6.07) is 9.47. The van der Waals surface area contributed by atoms with Gasteiger partial charge in [-0.05, 0) is 5.56 Å². The van der Waals surface area contributed by atoms with Crippen LogP contribution in [-0.4, -0.2) is 48.5 Å². The Kier molecular flexibility index (Phi) is 3.84. The van der Waals surface area contributed by atoms with Crippen LogP contribution in [0.15, 0.2) is 30.3 Å². The first kappa shape index (κ1) is 12.9. The highest BCUT2D eigenvalue weighted by molar-refractivity contribution is 5.68. The Labute approximate surface area is 106 Å². The molecule has 0 bridgehead atoms. The van der Waals surface area contributed by atoms with Crippen LogP contribution in [0.1, 0.15) is 5.56 Å². The van der Waals surface area contributed by atoms with Crippen molar-refractivity contribution in [2.24, 2.45) is 0 Å². The van der Waals surface area contributed by atoms with E-state index in [1.807, 2.05) is 30.3 Å². The Morgan fingerprint density at radius 1 is 1.44 bits per heavy atom. The van der Waals surface area contributed by atoms with Gasteiger partial charge in [0.2, 0.25) is 0 Å². The summed E-state index contributed by atoms with van der Waals surface area (Å²) in [6.45, 7) is 0.803. The summed E-state index contributed by atoms with van der Waals surface area (Å²) in [5, 5.41) is 9.31. The highest BCUT2D eigenvalue weighted by Gasteiger charge is 2.45. The molecule has 18 heavy (non-hydrogen) atoms. The number of aliphatic hydroxyl groups excluding tert-OH is 1. The van der Waals surface area contributed by atoms with E-state index in [0.29, 0.717) is 13.2 Å². The molecule has 5 nitrogen and oxygen atoms in total. The van der Waals surface area contributed by atoms with Crippen molar-refractivity contribution in [3.63, 3.8) is 0 Å². The van der Waals surface area contributed by atoms with Crippen molar-refractivity contribution < 1.29 is 19.4 Å². The first-order chi connectivity index (χ1) is 8.68. The summed E-state index contributed by atoms with van der Waals surface area (Å²) >= 11 is 0. The Hall–Kier alpha value is -1.59. The lowest BCUT2D eigenvalue weighted by atomic mass is 9.97. The molecule has 0 aliphatic carbocycles. The highest BCUT2D eigenvalue weighted by Crippen LogP contribution is 2.24. The van der Waals surface area contributed by atoms with Crippen LogP contribution in [0.2, 0.25) is 0 Å². The molecule has 5 heteroatoms. The molecular weight excluding hydrogens is 234 g/mol. The number of carbonyl (C=O) groups is 1. The summed E-state index contributed by atoms with van der Waals surface area (Å²) in [7, 11) is 1.62. The van der Waals surface area contributed by atoms with Crippen LogP contribution in [0.4, 0.5) is 4.79 Å². The number of hydrogen-bond donors (Lipinski definition) is 1. The van der Waals surface area contributed by atoms with Crippen LogP contribution >= 0.6 is 0 Å². The SMILES string of the molecule is CN(C(=O)OCc1ccccc1)C1(CO)COC1. The minimum Gasteiger partial charge on any atom is -0.445 e. The third-order valence-electron chi connectivity index (χ3n) is 3.23. The molecule has 1 saturated heterocycles. The van der Waals surface area contributed by atoms with Crippen LogP contribution in [0.5, 0.6) is 0 Å². The molecule has 0 unspecified atom stereocenters. The van der Waals surface area contributed by atoms with Crippen molar-refractivity contribution in [2.45, 2.75) is 12.1 Å². The molecule has 0 saturated carbocycles. The van der Waals surface area contributed by atoms with E-state index < -0.39 is 11.6 Å². The second-order valence-corrected chi connectivity index (χ2v) is 4.47. The summed E-state index contributed by atoms with van der Waals surface area (Å²) in [4.78, 5) is 13.3. The quantitative estimate of drug-likeness (QED) is 0.868. The van der Waals surface area contributed by atoms with E-state index in [2.05, 4.69) is 0 Å². The molecule has 0 radical (unpaired) electrons. The standard InChI is InChI=1S/C13H17NO4/c1-14(13(8-15)9-17-10-13)12(16)18-7-11-5-3-2-4-6-11/h2-6,15H,7-10H2,1H3. The Balaban J connectivity index is 1.88. The number of hydrogen-bond acceptors (Lipinski definition) is 4. The molecule has 98 valence electrons. The molecule has 1 heterocycles. The number of amides is 1. The van der Waals surface area contributed by atoms with Gasteiger partial charge in [-0.2, -0.15) is 0 Å². The van der Waals surface area contributed by atoms with Gasteiger partial charge in [0.05, 0.1) is 19.8 Å². The minimum atomic E-state index is -0.617. The van der Waals surface area contributed by atoms with E-state index in [-0.39, 0.29) is 13.2 Å². The maximum atomic E-state index is 11.9. The molecule has 1 fully saturated rings. The van der Waals surface area contributed by atoms with E-state index >= 15 is 0 Å². The van der Waals surface area contributed by atoms with Crippen LogP contribution in [0, 0.1) is 0 Å². The Morgan fingerprint density at radius 3 is 2.61 bits per heavy atom. The predicted molar refractivity (Wildman–Crippen MR) is 65.0 cm³/mol. The van der Waals surface area contributed by atoms with Gasteiger partial charge in [-0.15, -0.1) is 0 Å². The fourth-order valence-corrected chi connectivity index (χ4v) is 1.74. The largest absolute Gasteiger partial charge is 0.445 e. The van der Waals surface area contributed by atoms with Gasteiger partial charge < -0.3 is 14.6 Å². The molecule has 1 amide bonds. The zero-order chi connectivity index (χ0) is 13.0. The molecule has 2 rings (SSSR count). The minimum absolute atomic E-state index is 0.121. The molecule has 0 atom stereocenters. The number of rotatable bonds is 4. The summed E-state index contributed by atoms with van der Waals surface area (Å²) in [5.41, 5.74) is 0.315. The van der Waals surface area contributed by atoms with Gasteiger partial charge in [0, 0.05) is 7.05 Å². The highest BCUT2D eigenvalue weighted by atomic mass is 16.6. The van der Waals surface area contributed by atoms with Crippen molar-refractivity contribution in [3.8, 4) is 0 Å². The van der Waals surface area contributed by atoms with Crippen molar-refractivity contribution in [1.29, 1.82) is 0 Å². The predicted octanol–water partition coefficient (Wildman–Crippen LogP) is 1.02. The van der Waals surface area contributed by atoms with Crippen molar-refractivity contribution in [3.05, 3.63) is 35.9 Å². The summed E-state index contributed by atoms with van der Waals surface area (Å²) in [6.07, 6.45) is -0.448. The smallest absolute Gasteiger partial charge is 0.410 e. The third-order valence-corrected chi connectivity index (χ3v) is 3.23. The summed E-state index contributed by atoms with van der Waals surface area (Å²) in [5.74, 6) is 0. The van der Waals surface area contributed by atoms with Gasteiger partial charge in [-0.3, -0.25) is 4.90 Å². The molecule has 1 N–H and O–H groups in total. The van der Waals surface area contributed by atoms with E-state index in [1.54, 1.807) is 7.05 Å². The van der Waals surface area contributed by atoms with E-state index in [4.69, 9.17) is 9.47 Å². The Morgan fingerprint density at radius 2 is 2.11 bits per heavy atom. The average Bonchev–Trinajstić information content (AvgIpc) is 2.36. The van der Waals surface area contributed by atoms with Gasteiger partial charge in [0.15, 0.2) is 0 Å². The maximum Gasteiger partial charge on any atom is 0.410 e. The lowest BCUT2D eigenvalue weighted by Crippen LogP contribution is -2.64. The number of likely N-dealkylation sites (N-methyl/N-ethyl adjacent to an activating group) is 1. The van der Waals surface area contributed by atoms with Gasteiger partial charge >= 0.3 is 6.09 Å². The summed E-state index contributed by atoms with van der Waals surface area (Å²) < 4.78 is 10.2. The first-order valence-corrected chi connectivity index (χ1v) is 5.81. The number of nitrogens with zero attached hydrogens (tertiary/aromatic N) is 1. The van der Waals surface area contributed by atoms with E-state index in [0.717, 1.165) is 5.56 Å². The van der Waals surface area contributed by atoms with Crippen LogP contribution < -0.4 is 0 Å². The second kappa shape index (κ2) is 5.37. The van der Waals surface area contributed by atoms with Crippen LogP contribution in [0.3, 0.4) is 0 Å². The van der Waals surface area contributed by atoms with Gasteiger partial charge in [-0.1, -0.05) is 30.3 Å². The number of aliphatic hydroxyl groups is 1.